The summed E-state index contributed by atoms with van der Waals surface area (Å²) in [6, 6.07) is 16.4. The van der Waals surface area contributed by atoms with Gasteiger partial charge in [-0.05, 0) is 80.5 Å². The van der Waals surface area contributed by atoms with E-state index in [9.17, 15) is 9.59 Å². The molecule has 3 aliphatic heterocycles. The lowest BCUT2D eigenvalue weighted by atomic mass is 9.70. The molecule has 4 atom stereocenters. The second kappa shape index (κ2) is 10.0. The summed E-state index contributed by atoms with van der Waals surface area (Å²) in [6.45, 7) is 5.10. The van der Waals surface area contributed by atoms with Crippen molar-refractivity contribution < 1.29 is 18.7 Å². The van der Waals surface area contributed by atoms with Crippen molar-refractivity contribution in [1.29, 1.82) is 0 Å². The second-order valence-corrected chi connectivity index (χ2v) is 14.3. The number of anilines is 1. The third-order valence-electron chi connectivity index (χ3n) is 10.7. The van der Waals surface area contributed by atoms with Gasteiger partial charge in [-0.1, -0.05) is 47.5 Å². The van der Waals surface area contributed by atoms with E-state index in [4.69, 9.17) is 32.9 Å². The number of ether oxygens (including phenoxy) is 1. The number of carbonyl (C=O) groups excluding carboxylic acids is 2. The smallest absolute Gasteiger partial charge is 0.315 e. The van der Waals surface area contributed by atoms with Crippen LogP contribution in [0.4, 0.5) is 10.1 Å². The minimum Gasteiger partial charge on any atom is -0.468 e. The van der Waals surface area contributed by atoms with Gasteiger partial charge in [-0.2, -0.15) is 0 Å². The van der Waals surface area contributed by atoms with Gasteiger partial charge in [-0.3, -0.25) is 14.5 Å². The number of halogens is 3. The molecule has 2 fully saturated rings. The Morgan fingerprint density at radius 3 is 2.69 bits per heavy atom. The molecule has 4 aliphatic rings. The summed E-state index contributed by atoms with van der Waals surface area (Å²) in [5.74, 6) is -0.677. The third-order valence-corrected chi connectivity index (χ3v) is 11.2. The Morgan fingerprint density at radius 1 is 1.13 bits per heavy atom. The number of aryl methyl sites for hydroxylation is 1. The van der Waals surface area contributed by atoms with Gasteiger partial charge in [0, 0.05) is 47.2 Å². The molecule has 1 N–H and O–H groups in total. The molecule has 8 rings (SSSR count). The molecule has 45 heavy (non-hydrogen) atoms. The van der Waals surface area contributed by atoms with Crippen LogP contribution in [0.5, 0.6) is 0 Å². The van der Waals surface area contributed by atoms with E-state index >= 15 is 4.39 Å². The molecule has 232 valence electrons. The standard InChI is InChI=1S/C35H33Cl2FN4O3/c1-34(2,33(44)45-3)19-9-12-26-25(15-19)39-31-28-27(13-14-41(26)31)42(17-18-7-8-18)35(29(28)21-5-4-6-23(37)30(21)38)22-11-10-20(36)16-24(22)40-32(35)43/h4-6,9-12,15-16,18,27-29H,7-8,13-14,17H2,1-3H3,(H,40,43)/t27-,28+,29-,35+/m0/s1. The van der Waals surface area contributed by atoms with E-state index in [2.05, 4.69) is 14.8 Å². The highest BCUT2D eigenvalue weighted by Crippen LogP contribution is 2.64. The van der Waals surface area contributed by atoms with E-state index < -0.39 is 22.7 Å². The molecule has 7 nitrogen and oxygen atoms in total. The maximum Gasteiger partial charge on any atom is 0.315 e. The molecule has 1 saturated heterocycles. The Morgan fingerprint density at radius 2 is 1.93 bits per heavy atom. The number of carbonyl (C=O) groups is 2. The normalized spacial score (nSPS) is 25.7. The Bertz CT molecular complexity index is 1920. The van der Waals surface area contributed by atoms with Crippen molar-refractivity contribution in [3.05, 3.63) is 93.0 Å². The summed E-state index contributed by atoms with van der Waals surface area (Å²) in [5, 5.41) is 3.68. The number of rotatable bonds is 5. The number of hydrogen-bond acceptors (Lipinski definition) is 5. The van der Waals surface area contributed by atoms with Crippen molar-refractivity contribution in [1.82, 2.24) is 14.5 Å². The summed E-state index contributed by atoms with van der Waals surface area (Å²) in [4.78, 5) is 34.9. The summed E-state index contributed by atoms with van der Waals surface area (Å²) in [6.07, 6.45) is 2.97. The first-order valence-electron chi connectivity index (χ1n) is 15.5. The zero-order valence-corrected chi connectivity index (χ0v) is 26.8. The van der Waals surface area contributed by atoms with Crippen LogP contribution in [0.3, 0.4) is 0 Å². The van der Waals surface area contributed by atoms with Gasteiger partial charge in [0.2, 0.25) is 5.91 Å². The van der Waals surface area contributed by atoms with Crippen LogP contribution < -0.4 is 5.32 Å². The van der Waals surface area contributed by atoms with Gasteiger partial charge in [0.05, 0.1) is 28.6 Å². The van der Waals surface area contributed by atoms with Crippen LogP contribution in [0, 0.1) is 11.7 Å². The van der Waals surface area contributed by atoms with Crippen LogP contribution in [0.2, 0.25) is 10.0 Å². The largest absolute Gasteiger partial charge is 0.468 e. The molecule has 1 spiro atoms. The van der Waals surface area contributed by atoms with Crippen molar-refractivity contribution in [3.8, 4) is 0 Å². The van der Waals surface area contributed by atoms with Crippen LogP contribution in [0.15, 0.2) is 54.6 Å². The van der Waals surface area contributed by atoms with E-state index in [1.54, 1.807) is 24.3 Å². The van der Waals surface area contributed by atoms with Crippen molar-refractivity contribution >= 4 is 51.8 Å². The summed E-state index contributed by atoms with van der Waals surface area (Å²) in [5.41, 5.74) is 2.30. The predicted molar refractivity (Wildman–Crippen MR) is 171 cm³/mol. The average Bonchev–Trinajstić information content (AvgIpc) is 3.61. The Labute approximate surface area is 270 Å². The molecule has 4 aromatic rings. The van der Waals surface area contributed by atoms with Gasteiger partial charge < -0.3 is 14.6 Å². The number of likely N-dealkylation sites (tertiary alicyclic amines) is 1. The first-order valence-corrected chi connectivity index (χ1v) is 16.2. The topological polar surface area (TPSA) is 76.5 Å². The quantitative estimate of drug-likeness (QED) is 0.233. The number of aromatic nitrogens is 2. The van der Waals surface area contributed by atoms with Crippen molar-refractivity contribution in [2.75, 3.05) is 19.0 Å². The van der Waals surface area contributed by atoms with Gasteiger partial charge in [0.1, 0.15) is 17.2 Å². The molecule has 0 bridgehead atoms. The lowest BCUT2D eigenvalue weighted by Crippen LogP contribution is -2.53. The Hall–Kier alpha value is -3.46. The first-order chi connectivity index (χ1) is 21.6. The van der Waals surface area contributed by atoms with Crippen LogP contribution in [-0.4, -0.2) is 46.0 Å². The lowest BCUT2D eigenvalue weighted by molar-refractivity contribution is -0.146. The van der Waals surface area contributed by atoms with Crippen molar-refractivity contribution in [3.63, 3.8) is 0 Å². The third kappa shape index (κ3) is 4.01. The summed E-state index contributed by atoms with van der Waals surface area (Å²) in [7, 11) is 1.39. The minimum atomic E-state index is -1.19. The fourth-order valence-corrected chi connectivity index (χ4v) is 8.71. The van der Waals surface area contributed by atoms with Gasteiger partial charge in [0.25, 0.3) is 0 Å². The van der Waals surface area contributed by atoms with E-state index in [-0.39, 0.29) is 28.9 Å². The fraction of sp³-hybridized carbons (Fsp3) is 0.400. The first kappa shape index (κ1) is 29.0. The van der Waals surface area contributed by atoms with Gasteiger partial charge in [-0.15, -0.1) is 0 Å². The highest BCUT2D eigenvalue weighted by molar-refractivity contribution is 6.31. The number of nitrogens with one attached hydrogen (secondary N) is 1. The molecular weight excluding hydrogens is 614 g/mol. The van der Waals surface area contributed by atoms with E-state index in [1.807, 2.05) is 44.2 Å². The maximum absolute atomic E-state index is 16.3. The molecule has 0 unspecified atom stereocenters. The van der Waals surface area contributed by atoms with Crippen molar-refractivity contribution in [2.45, 2.75) is 68.5 Å². The van der Waals surface area contributed by atoms with Gasteiger partial charge >= 0.3 is 5.97 Å². The van der Waals surface area contributed by atoms with Crippen molar-refractivity contribution in [2.24, 2.45) is 5.92 Å². The minimum absolute atomic E-state index is 0.0218. The average molecular weight is 648 g/mol. The molecule has 1 aliphatic carbocycles. The zero-order valence-electron chi connectivity index (χ0n) is 25.2. The molecule has 4 heterocycles. The molecule has 0 radical (unpaired) electrons. The molecule has 1 aromatic heterocycles. The van der Waals surface area contributed by atoms with Gasteiger partial charge in [0.15, 0.2) is 0 Å². The molecule has 1 saturated carbocycles. The summed E-state index contributed by atoms with van der Waals surface area (Å²) < 4.78 is 23.6. The summed E-state index contributed by atoms with van der Waals surface area (Å²) >= 11 is 12.9. The Kier molecular flexibility index (Phi) is 6.45. The number of esters is 1. The molecule has 10 heteroatoms. The number of amides is 1. The van der Waals surface area contributed by atoms with E-state index in [1.165, 1.54) is 7.11 Å². The molecule has 3 aromatic carbocycles. The lowest BCUT2D eigenvalue weighted by Gasteiger charge is -2.40. The SMILES string of the molecule is COC(=O)C(C)(C)c1ccc2c(c1)nc1n2CC[C@H]2[C@@H]1[C@H](c1cccc(Cl)c1F)[C@]1(C(=O)Nc3cc(Cl)ccc31)N2CC1CC1. The number of imidazole rings is 1. The van der Waals surface area contributed by atoms with E-state index in [0.717, 1.165) is 53.8 Å². The molecular formula is C35H33Cl2FN4O3. The van der Waals surface area contributed by atoms with E-state index in [0.29, 0.717) is 28.7 Å². The van der Waals surface area contributed by atoms with Crippen LogP contribution >= 0.6 is 23.2 Å². The predicted octanol–water partition coefficient (Wildman–Crippen LogP) is 7.15. The van der Waals surface area contributed by atoms with Crippen LogP contribution in [0.1, 0.15) is 67.5 Å². The monoisotopic (exact) mass is 646 g/mol. The highest BCUT2D eigenvalue weighted by atomic mass is 35.5. The number of methoxy groups -OCH3 is 1. The number of nitrogens with zero attached hydrogens (tertiary/aromatic N) is 3. The Balaban J connectivity index is 1.39. The number of fused-ring (bicyclic) bond motifs is 7. The fourth-order valence-electron chi connectivity index (χ4n) is 8.36. The molecule has 1 amide bonds. The number of benzene rings is 3. The highest BCUT2D eigenvalue weighted by Gasteiger charge is 2.69. The van der Waals surface area contributed by atoms with Gasteiger partial charge in [-0.25, -0.2) is 9.37 Å². The second-order valence-electron chi connectivity index (χ2n) is 13.5. The number of hydrogen-bond donors (Lipinski definition) is 1. The maximum atomic E-state index is 16.3. The van der Waals surface area contributed by atoms with Crippen LogP contribution in [-0.2, 0) is 31.8 Å². The van der Waals surface area contributed by atoms with Crippen LogP contribution in [0.25, 0.3) is 11.0 Å². The zero-order chi connectivity index (χ0) is 31.4.